The predicted octanol–water partition coefficient (Wildman–Crippen LogP) is 3.23. The van der Waals surface area contributed by atoms with Crippen LogP contribution in [0.4, 0.5) is 5.00 Å². The van der Waals surface area contributed by atoms with Gasteiger partial charge in [0.05, 0.1) is 12.0 Å². The number of thiophene rings is 1. The second-order valence-corrected chi connectivity index (χ2v) is 6.58. The van der Waals surface area contributed by atoms with Crippen molar-refractivity contribution in [3.05, 3.63) is 52.4 Å². The minimum atomic E-state index is -0.533. The molecule has 0 radical (unpaired) electrons. The number of primary amides is 1. The Kier molecular flexibility index (Phi) is 5.33. The standard InChI is InChI=1S/C17H20N2O2S/c1-11(2)9-12-3-5-13(6-4-12)10-15(20)19-17-14(16(18)21)7-8-22-17/h3-8,11H,9-10H2,1-2H3,(H2,18,21)(H,19,20). The number of hydrogen-bond acceptors (Lipinski definition) is 3. The van der Waals surface area contributed by atoms with Gasteiger partial charge in [-0.1, -0.05) is 38.1 Å². The molecular weight excluding hydrogens is 296 g/mol. The van der Waals surface area contributed by atoms with Gasteiger partial charge in [0.1, 0.15) is 5.00 Å². The fraction of sp³-hybridized carbons (Fsp3) is 0.294. The second kappa shape index (κ2) is 7.22. The van der Waals surface area contributed by atoms with E-state index < -0.39 is 5.91 Å². The molecule has 4 nitrogen and oxygen atoms in total. The summed E-state index contributed by atoms with van der Waals surface area (Å²) in [6.45, 7) is 4.36. The molecule has 1 aromatic carbocycles. The second-order valence-electron chi connectivity index (χ2n) is 5.67. The summed E-state index contributed by atoms with van der Waals surface area (Å²) in [5.74, 6) is -0.0728. The third-order valence-corrected chi connectivity index (χ3v) is 4.05. The van der Waals surface area contributed by atoms with Crippen molar-refractivity contribution in [2.45, 2.75) is 26.7 Å². The quantitative estimate of drug-likeness (QED) is 0.859. The number of rotatable bonds is 6. The van der Waals surface area contributed by atoms with Crippen molar-refractivity contribution in [1.82, 2.24) is 0 Å². The maximum atomic E-state index is 12.1. The van der Waals surface area contributed by atoms with E-state index in [2.05, 4.69) is 31.3 Å². The number of benzene rings is 1. The van der Waals surface area contributed by atoms with E-state index >= 15 is 0 Å². The Hall–Kier alpha value is -2.14. The van der Waals surface area contributed by atoms with E-state index in [1.54, 1.807) is 11.4 Å². The number of carbonyl (C=O) groups is 2. The maximum Gasteiger partial charge on any atom is 0.251 e. The van der Waals surface area contributed by atoms with Crippen molar-refractivity contribution in [2.75, 3.05) is 5.32 Å². The fourth-order valence-corrected chi connectivity index (χ4v) is 3.03. The van der Waals surface area contributed by atoms with Gasteiger partial charge >= 0.3 is 0 Å². The molecule has 0 spiro atoms. The van der Waals surface area contributed by atoms with E-state index in [0.29, 0.717) is 16.5 Å². The van der Waals surface area contributed by atoms with E-state index in [1.165, 1.54) is 16.9 Å². The minimum absolute atomic E-state index is 0.151. The molecule has 5 heteroatoms. The SMILES string of the molecule is CC(C)Cc1ccc(CC(=O)Nc2sccc2C(N)=O)cc1. The van der Waals surface area contributed by atoms with Gasteiger partial charge in [-0.3, -0.25) is 9.59 Å². The monoisotopic (exact) mass is 316 g/mol. The maximum absolute atomic E-state index is 12.1. The van der Waals surface area contributed by atoms with E-state index in [1.807, 2.05) is 12.1 Å². The fourth-order valence-electron chi connectivity index (χ4n) is 2.22. The van der Waals surface area contributed by atoms with Gasteiger partial charge in [0.25, 0.3) is 5.91 Å². The van der Waals surface area contributed by atoms with Crippen molar-refractivity contribution in [3.8, 4) is 0 Å². The van der Waals surface area contributed by atoms with Crippen LogP contribution in [-0.2, 0) is 17.6 Å². The number of anilines is 1. The van der Waals surface area contributed by atoms with Crippen LogP contribution in [-0.4, -0.2) is 11.8 Å². The number of hydrogen-bond donors (Lipinski definition) is 2. The van der Waals surface area contributed by atoms with Crippen LogP contribution < -0.4 is 11.1 Å². The molecule has 3 N–H and O–H groups in total. The molecule has 1 heterocycles. The molecule has 0 fully saturated rings. The van der Waals surface area contributed by atoms with Gasteiger partial charge in [-0.2, -0.15) is 0 Å². The first-order valence-corrected chi connectivity index (χ1v) is 8.08. The van der Waals surface area contributed by atoms with E-state index in [9.17, 15) is 9.59 Å². The van der Waals surface area contributed by atoms with Crippen molar-refractivity contribution < 1.29 is 9.59 Å². The van der Waals surface area contributed by atoms with Gasteiger partial charge in [0.2, 0.25) is 5.91 Å². The first kappa shape index (κ1) is 16.2. The van der Waals surface area contributed by atoms with Crippen LogP contribution in [0.15, 0.2) is 35.7 Å². The Labute approximate surface area is 134 Å². The van der Waals surface area contributed by atoms with E-state index in [-0.39, 0.29) is 12.3 Å². The lowest BCUT2D eigenvalue weighted by Gasteiger charge is -2.07. The summed E-state index contributed by atoms with van der Waals surface area (Å²) in [4.78, 5) is 23.3. The molecule has 2 aromatic rings. The molecule has 0 aliphatic heterocycles. The lowest BCUT2D eigenvalue weighted by atomic mass is 10.0. The largest absolute Gasteiger partial charge is 0.366 e. The predicted molar refractivity (Wildman–Crippen MR) is 90.2 cm³/mol. The van der Waals surface area contributed by atoms with Gasteiger partial charge in [0.15, 0.2) is 0 Å². The Morgan fingerprint density at radius 2 is 1.77 bits per heavy atom. The molecule has 22 heavy (non-hydrogen) atoms. The Morgan fingerprint density at radius 1 is 1.14 bits per heavy atom. The highest BCUT2D eigenvalue weighted by Crippen LogP contribution is 2.22. The van der Waals surface area contributed by atoms with Gasteiger partial charge in [0, 0.05) is 0 Å². The van der Waals surface area contributed by atoms with Gasteiger partial charge in [-0.15, -0.1) is 11.3 Å². The zero-order valence-electron chi connectivity index (χ0n) is 12.8. The van der Waals surface area contributed by atoms with Crippen molar-refractivity contribution in [1.29, 1.82) is 0 Å². The molecule has 2 rings (SSSR count). The number of carbonyl (C=O) groups excluding carboxylic acids is 2. The average Bonchev–Trinajstić information content (AvgIpc) is 2.88. The molecular formula is C17H20N2O2S. The highest BCUT2D eigenvalue weighted by Gasteiger charge is 2.12. The van der Waals surface area contributed by atoms with Crippen LogP contribution in [0.2, 0.25) is 0 Å². The topological polar surface area (TPSA) is 72.2 Å². The highest BCUT2D eigenvalue weighted by molar-refractivity contribution is 7.14. The van der Waals surface area contributed by atoms with Gasteiger partial charge in [-0.05, 0) is 34.9 Å². The average molecular weight is 316 g/mol. The first-order valence-electron chi connectivity index (χ1n) is 7.20. The Morgan fingerprint density at radius 3 is 2.36 bits per heavy atom. The molecule has 0 saturated heterocycles. The molecule has 0 bridgehead atoms. The molecule has 0 aliphatic carbocycles. The van der Waals surface area contributed by atoms with E-state index in [4.69, 9.17) is 5.73 Å². The summed E-state index contributed by atoms with van der Waals surface area (Å²) < 4.78 is 0. The molecule has 2 amide bonds. The minimum Gasteiger partial charge on any atom is -0.366 e. The Bertz CT molecular complexity index is 660. The van der Waals surface area contributed by atoms with Crippen molar-refractivity contribution in [2.24, 2.45) is 11.7 Å². The van der Waals surface area contributed by atoms with Gasteiger partial charge < -0.3 is 11.1 Å². The molecule has 0 aliphatic rings. The van der Waals surface area contributed by atoms with Gasteiger partial charge in [-0.25, -0.2) is 0 Å². The number of amides is 2. The first-order chi connectivity index (χ1) is 10.5. The highest BCUT2D eigenvalue weighted by atomic mass is 32.1. The smallest absolute Gasteiger partial charge is 0.251 e. The Balaban J connectivity index is 1.97. The van der Waals surface area contributed by atoms with Crippen LogP contribution in [0.1, 0.15) is 35.3 Å². The van der Waals surface area contributed by atoms with Crippen molar-refractivity contribution >= 4 is 28.2 Å². The summed E-state index contributed by atoms with van der Waals surface area (Å²) in [6.07, 6.45) is 1.31. The summed E-state index contributed by atoms with van der Waals surface area (Å²) in [6, 6.07) is 9.68. The molecule has 0 atom stereocenters. The number of nitrogens with one attached hydrogen (secondary N) is 1. The third kappa shape index (κ3) is 4.43. The summed E-state index contributed by atoms with van der Waals surface area (Å²) in [5.41, 5.74) is 7.83. The van der Waals surface area contributed by atoms with Crippen LogP contribution in [0, 0.1) is 5.92 Å². The summed E-state index contributed by atoms with van der Waals surface area (Å²) >= 11 is 1.29. The summed E-state index contributed by atoms with van der Waals surface area (Å²) in [5, 5.41) is 4.99. The van der Waals surface area contributed by atoms with Crippen LogP contribution in [0.25, 0.3) is 0 Å². The molecule has 116 valence electrons. The van der Waals surface area contributed by atoms with Crippen LogP contribution in [0.3, 0.4) is 0 Å². The normalized spacial score (nSPS) is 10.7. The van der Waals surface area contributed by atoms with Crippen LogP contribution >= 0.6 is 11.3 Å². The molecule has 0 unspecified atom stereocenters. The third-order valence-electron chi connectivity index (χ3n) is 3.22. The van der Waals surface area contributed by atoms with E-state index in [0.717, 1.165) is 12.0 Å². The summed E-state index contributed by atoms with van der Waals surface area (Å²) in [7, 11) is 0. The number of nitrogens with two attached hydrogens (primary N) is 1. The zero-order valence-corrected chi connectivity index (χ0v) is 13.6. The molecule has 0 saturated carbocycles. The zero-order chi connectivity index (χ0) is 16.1. The lowest BCUT2D eigenvalue weighted by Crippen LogP contribution is -2.17. The van der Waals surface area contributed by atoms with Crippen LogP contribution in [0.5, 0.6) is 0 Å². The molecule has 1 aromatic heterocycles. The van der Waals surface area contributed by atoms with Crippen molar-refractivity contribution in [3.63, 3.8) is 0 Å². The lowest BCUT2D eigenvalue weighted by molar-refractivity contribution is -0.115.